The van der Waals surface area contributed by atoms with E-state index >= 15 is 13.2 Å². The molecule has 6 rings (SSSR count). The number of benzene rings is 4. The van der Waals surface area contributed by atoms with Gasteiger partial charge in [-0.05, 0) is 75.4 Å². The SMILES string of the molecule is COc1ccnc(-c2cc(Oc3cc(N(c4ccccc4)c4ccccc4)cc(N(c4ccccn4)C(C)(C)C)c3)c(F)c(F)c2F)c1. The number of hydrogen-bond acceptors (Lipinski definition) is 6. The zero-order valence-electron chi connectivity index (χ0n) is 26.9. The molecule has 242 valence electrons. The minimum absolute atomic E-state index is 0.0541. The molecule has 0 radical (unpaired) electrons. The molecular formula is C39H33F3N4O2. The Balaban J connectivity index is 1.56. The molecule has 0 aliphatic rings. The normalized spacial score (nSPS) is 11.2. The molecule has 0 aliphatic heterocycles. The number of anilines is 5. The maximum absolute atomic E-state index is 15.5. The maximum Gasteiger partial charge on any atom is 0.204 e. The molecule has 9 heteroatoms. The van der Waals surface area contributed by atoms with E-state index in [4.69, 9.17) is 9.47 Å². The van der Waals surface area contributed by atoms with Crippen LogP contribution in [0.25, 0.3) is 11.3 Å². The van der Waals surface area contributed by atoms with Gasteiger partial charge in [-0.3, -0.25) is 4.98 Å². The van der Waals surface area contributed by atoms with Crippen molar-refractivity contribution in [3.8, 4) is 28.5 Å². The van der Waals surface area contributed by atoms with Gasteiger partial charge in [0.05, 0.1) is 18.5 Å². The molecule has 0 saturated carbocycles. The van der Waals surface area contributed by atoms with Gasteiger partial charge in [0.25, 0.3) is 0 Å². The predicted molar refractivity (Wildman–Crippen MR) is 183 cm³/mol. The molecule has 48 heavy (non-hydrogen) atoms. The lowest BCUT2D eigenvalue weighted by Gasteiger charge is -2.37. The summed E-state index contributed by atoms with van der Waals surface area (Å²) in [5, 5.41) is 0. The van der Waals surface area contributed by atoms with E-state index in [2.05, 4.69) is 9.97 Å². The van der Waals surface area contributed by atoms with Crippen LogP contribution in [0.2, 0.25) is 0 Å². The average molecular weight is 647 g/mol. The maximum atomic E-state index is 15.5. The minimum atomic E-state index is -1.68. The third-order valence-corrected chi connectivity index (χ3v) is 7.55. The first-order valence-electron chi connectivity index (χ1n) is 15.3. The minimum Gasteiger partial charge on any atom is -0.497 e. The van der Waals surface area contributed by atoms with Crippen molar-refractivity contribution >= 4 is 28.6 Å². The Hall–Kier alpha value is -5.83. The van der Waals surface area contributed by atoms with Gasteiger partial charge in [0.1, 0.15) is 17.3 Å². The standard InChI is InChI=1S/C39H33F3N4O2/c1-39(2,3)46(35-17-11-12-19-44-35)29-21-28(45(26-13-7-5-8-14-26)27-15-9-6-10-16-27)22-31(23-29)48-34-25-32(36(40)38(42)37(34)41)33-24-30(47-4)18-20-43-33/h5-25H,1-4H3. The monoisotopic (exact) mass is 646 g/mol. The first-order chi connectivity index (χ1) is 23.1. The molecule has 0 N–H and O–H groups in total. The number of para-hydroxylation sites is 2. The number of methoxy groups -OCH3 is 1. The van der Waals surface area contributed by atoms with Crippen LogP contribution in [-0.2, 0) is 0 Å². The lowest BCUT2D eigenvalue weighted by Crippen LogP contribution is -2.38. The third kappa shape index (κ3) is 6.66. The first kappa shape index (κ1) is 32.1. The van der Waals surface area contributed by atoms with Crippen LogP contribution < -0.4 is 19.3 Å². The Kier molecular flexibility index (Phi) is 9.03. The summed E-state index contributed by atoms with van der Waals surface area (Å²) in [7, 11) is 1.44. The van der Waals surface area contributed by atoms with Crippen molar-refractivity contribution in [2.75, 3.05) is 16.9 Å². The van der Waals surface area contributed by atoms with E-state index in [1.54, 1.807) is 24.4 Å². The van der Waals surface area contributed by atoms with Crippen LogP contribution in [0.1, 0.15) is 20.8 Å². The van der Waals surface area contributed by atoms with Crippen molar-refractivity contribution in [1.29, 1.82) is 0 Å². The number of hydrogen-bond donors (Lipinski definition) is 0. The molecule has 0 aliphatic carbocycles. The second kappa shape index (κ2) is 13.5. The molecule has 0 atom stereocenters. The molecule has 6 nitrogen and oxygen atoms in total. The molecule has 0 bridgehead atoms. The predicted octanol–water partition coefficient (Wildman–Crippen LogP) is 10.8. The quantitative estimate of drug-likeness (QED) is 0.146. The van der Waals surface area contributed by atoms with E-state index in [0.29, 0.717) is 22.9 Å². The topological polar surface area (TPSA) is 50.7 Å². The summed E-state index contributed by atoms with van der Waals surface area (Å²) in [5.74, 6) is -3.81. The number of nitrogens with zero attached hydrogens (tertiary/aromatic N) is 4. The van der Waals surface area contributed by atoms with E-state index in [1.807, 2.05) is 116 Å². The summed E-state index contributed by atoms with van der Waals surface area (Å²) in [5.41, 5.74) is 2.35. The second-order valence-corrected chi connectivity index (χ2v) is 11.9. The van der Waals surface area contributed by atoms with Gasteiger partial charge in [-0.2, -0.15) is 4.39 Å². The summed E-state index contributed by atoms with van der Waals surface area (Å²) in [6.45, 7) is 6.14. The van der Waals surface area contributed by atoms with Crippen molar-refractivity contribution in [1.82, 2.24) is 9.97 Å². The zero-order chi connectivity index (χ0) is 33.8. The molecule has 2 aromatic heterocycles. The lowest BCUT2D eigenvalue weighted by atomic mass is 10.0. The fourth-order valence-corrected chi connectivity index (χ4v) is 5.49. The van der Waals surface area contributed by atoms with Crippen molar-refractivity contribution < 1.29 is 22.6 Å². The molecule has 0 unspecified atom stereocenters. The van der Waals surface area contributed by atoms with Crippen LogP contribution in [0.15, 0.2) is 128 Å². The largest absolute Gasteiger partial charge is 0.497 e. The molecular weight excluding hydrogens is 613 g/mol. The Morgan fingerprint density at radius 1 is 0.583 bits per heavy atom. The van der Waals surface area contributed by atoms with Crippen LogP contribution in [0, 0.1) is 17.5 Å². The fourth-order valence-electron chi connectivity index (χ4n) is 5.49. The van der Waals surface area contributed by atoms with Crippen LogP contribution in [0.3, 0.4) is 0 Å². The number of aromatic nitrogens is 2. The Labute approximate surface area is 277 Å². The highest BCUT2D eigenvalue weighted by atomic mass is 19.2. The van der Waals surface area contributed by atoms with Crippen LogP contribution in [0.4, 0.5) is 41.7 Å². The number of halogens is 3. The second-order valence-electron chi connectivity index (χ2n) is 11.9. The highest BCUT2D eigenvalue weighted by Gasteiger charge is 2.28. The fraction of sp³-hybridized carbons (Fsp3) is 0.128. The van der Waals surface area contributed by atoms with E-state index in [1.165, 1.54) is 19.4 Å². The highest BCUT2D eigenvalue weighted by molar-refractivity contribution is 5.81. The summed E-state index contributed by atoms with van der Waals surface area (Å²) in [6.07, 6.45) is 3.10. The van der Waals surface area contributed by atoms with E-state index in [-0.39, 0.29) is 17.0 Å². The van der Waals surface area contributed by atoms with Gasteiger partial charge in [0, 0.05) is 58.8 Å². The highest BCUT2D eigenvalue weighted by Crippen LogP contribution is 2.43. The third-order valence-electron chi connectivity index (χ3n) is 7.55. The Morgan fingerprint density at radius 2 is 1.23 bits per heavy atom. The summed E-state index contributed by atoms with van der Waals surface area (Å²) in [6, 6.07) is 34.7. The van der Waals surface area contributed by atoms with Crippen LogP contribution in [-0.4, -0.2) is 22.6 Å². The van der Waals surface area contributed by atoms with E-state index < -0.39 is 28.7 Å². The smallest absolute Gasteiger partial charge is 0.204 e. The zero-order valence-corrected chi connectivity index (χ0v) is 26.9. The van der Waals surface area contributed by atoms with Gasteiger partial charge in [-0.1, -0.05) is 42.5 Å². The molecule has 2 heterocycles. The van der Waals surface area contributed by atoms with Gasteiger partial charge in [0.2, 0.25) is 5.82 Å². The molecule has 4 aromatic carbocycles. The summed E-state index contributed by atoms with van der Waals surface area (Å²) < 4.78 is 57.2. The van der Waals surface area contributed by atoms with Gasteiger partial charge in [0.15, 0.2) is 17.4 Å². The van der Waals surface area contributed by atoms with Crippen molar-refractivity contribution in [3.05, 3.63) is 145 Å². The van der Waals surface area contributed by atoms with E-state index in [9.17, 15) is 0 Å². The van der Waals surface area contributed by atoms with Crippen LogP contribution in [0.5, 0.6) is 17.2 Å². The van der Waals surface area contributed by atoms with Gasteiger partial charge >= 0.3 is 0 Å². The lowest BCUT2D eigenvalue weighted by molar-refractivity contribution is 0.395. The number of ether oxygens (including phenoxy) is 2. The van der Waals surface area contributed by atoms with Crippen molar-refractivity contribution in [3.63, 3.8) is 0 Å². The van der Waals surface area contributed by atoms with E-state index in [0.717, 1.165) is 17.4 Å². The Bertz CT molecular complexity index is 1980. The van der Waals surface area contributed by atoms with Gasteiger partial charge in [-0.15, -0.1) is 0 Å². The van der Waals surface area contributed by atoms with Gasteiger partial charge in [-0.25, -0.2) is 13.8 Å². The molecule has 0 spiro atoms. The summed E-state index contributed by atoms with van der Waals surface area (Å²) in [4.78, 5) is 12.8. The number of pyridine rings is 2. The average Bonchev–Trinajstić information content (AvgIpc) is 3.09. The molecule has 0 saturated heterocycles. The van der Waals surface area contributed by atoms with Crippen LogP contribution >= 0.6 is 0 Å². The number of rotatable bonds is 9. The van der Waals surface area contributed by atoms with Gasteiger partial charge < -0.3 is 19.3 Å². The molecule has 0 amide bonds. The molecule has 0 fully saturated rings. The summed E-state index contributed by atoms with van der Waals surface area (Å²) >= 11 is 0. The van der Waals surface area contributed by atoms with Crippen molar-refractivity contribution in [2.24, 2.45) is 0 Å². The first-order valence-corrected chi connectivity index (χ1v) is 15.3. The van der Waals surface area contributed by atoms with Crippen molar-refractivity contribution in [2.45, 2.75) is 26.3 Å². The molecule has 6 aromatic rings. The Morgan fingerprint density at radius 3 is 1.83 bits per heavy atom.